The quantitative estimate of drug-likeness (QED) is 0.321. The van der Waals surface area contributed by atoms with Crippen molar-refractivity contribution < 1.29 is 62.2 Å². The highest BCUT2D eigenvalue weighted by molar-refractivity contribution is 5.92. The Morgan fingerprint density at radius 1 is 0.805 bits per heavy atom. The summed E-state index contributed by atoms with van der Waals surface area (Å²) in [6, 6.07) is 13.0. The number of carbonyl (C=O) groups is 5. The number of esters is 5. The summed E-state index contributed by atoms with van der Waals surface area (Å²) in [6.07, 6.45) is -8.10. The van der Waals surface area contributed by atoms with E-state index in [0.717, 1.165) is 27.9 Å². The molecule has 1 aliphatic heterocycles. The van der Waals surface area contributed by atoms with Crippen LogP contribution in [0.1, 0.15) is 42.3 Å². The van der Waals surface area contributed by atoms with Crippen molar-refractivity contribution >= 4 is 29.8 Å². The summed E-state index contributed by atoms with van der Waals surface area (Å²) in [6.45, 7) is 2.71. The standard InChI is InChI=1S/C28H30O13/c1-15(30)37-22-23(38-16(2)31)25(39-17(3)32)28(41-24(22)27(34)35-4)40-21-11-10-19(13-29)12-20(21)26(33)36-14-18-8-6-5-7-9-18/h5-12,22-25,28-29H,13-14H2,1-4H3/t22-,23-,24-,25+,28?/m0/s1. The van der Waals surface area contributed by atoms with Gasteiger partial charge in [-0.05, 0) is 23.3 Å². The van der Waals surface area contributed by atoms with Gasteiger partial charge in [-0.3, -0.25) is 14.4 Å². The smallest absolute Gasteiger partial charge is 0.342 e. The van der Waals surface area contributed by atoms with E-state index in [2.05, 4.69) is 0 Å². The molecule has 0 bridgehead atoms. The number of rotatable bonds is 10. The Kier molecular flexibility index (Phi) is 10.8. The van der Waals surface area contributed by atoms with Crippen LogP contribution in [0.5, 0.6) is 5.75 Å². The number of benzene rings is 2. The van der Waals surface area contributed by atoms with Gasteiger partial charge < -0.3 is 38.3 Å². The molecule has 0 amide bonds. The lowest BCUT2D eigenvalue weighted by atomic mass is 9.97. The average Bonchev–Trinajstić information content (AvgIpc) is 2.94. The van der Waals surface area contributed by atoms with Crippen LogP contribution >= 0.6 is 0 Å². The highest BCUT2D eigenvalue weighted by Gasteiger charge is 2.56. The van der Waals surface area contributed by atoms with Crippen molar-refractivity contribution in [1.29, 1.82) is 0 Å². The summed E-state index contributed by atoms with van der Waals surface area (Å²) in [5, 5.41) is 9.63. The van der Waals surface area contributed by atoms with E-state index in [9.17, 15) is 29.1 Å². The van der Waals surface area contributed by atoms with E-state index in [0.29, 0.717) is 11.1 Å². The van der Waals surface area contributed by atoms with Crippen LogP contribution in [0.4, 0.5) is 0 Å². The molecule has 3 rings (SSSR count). The van der Waals surface area contributed by atoms with Gasteiger partial charge in [-0.25, -0.2) is 9.59 Å². The molecule has 5 atom stereocenters. The monoisotopic (exact) mass is 574 g/mol. The first-order valence-corrected chi connectivity index (χ1v) is 12.4. The van der Waals surface area contributed by atoms with Crippen LogP contribution in [0.3, 0.4) is 0 Å². The van der Waals surface area contributed by atoms with Gasteiger partial charge in [0.05, 0.1) is 13.7 Å². The minimum absolute atomic E-state index is 0.0680. The summed E-state index contributed by atoms with van der Waals surface area (Å²) < 4.78 is 37.8. The number of hydrogen-bond donors (Lipinski definition) is 1. The van der Waals surface area contributed by atoms with Crippen molar-refractivity contribution in [3.63, 3.8) is 0 Å². The second-order valence-electron chi connectivity index (χ2n) is 8.84. The lowest BCUT2D eigenvalue weighted by molar-refractivity contribution is -0.282. The summed E-state index contributed by atoms with van der Waals surface area (Å²) >= 11 is 0. The molecule has 1 aliphatic rings. The van der Waals surface area contributed by atoms with Crippen molar-refractivity contribution in [1.82, 2.24) is 0 Å². The van der Waals surface area contributed by atoms with Crippen LogP contribution in [0, 0.1) is 0 Å². The van der Waals surface area contributed by atoms with E-state index in [1.807, 2.05) is 6.07 Å². The van der Waals surface area contributed by atoms with Crippen molar-refractivity contribution in [2.24, 2.45) is 0 Å². The molecule has 1 fully saturated rings. The van der Waals surface area contributed by atoms with E-state index in [1.165, 1.54) is 18.2 Å². The molecule has 2 aromatic carbocycles. The van der Waals surface area contributed by atoms with Crippen molar-refractivity contribution in [2.75, 3.05) is 7.11 Å². The molecule has 1 heterocycles. The normalized spacial score (nSPS) is 21.6. The van der Waals surface area contributed by atoms with E-state index in [-0.39, 0.29) is 17.9 Å². The van der Waals surface area contributed by atoms with Crippen LogP contribution in [-0.2, 0) is 60.8 Å². The maximum Gasteiger partial charge on any atom is 0.342 e. The van der Waals surface area contributed by atoms with E-state index < -0.39 is 67.2 Å². The van der Waals surface area contributed by atoms with Gasteiger partial charge in [0.1, 0.15) is 17.9 Å². The molecule has 0 aromatic heterocycles. The predicted molar refractivity (Wildman–Crippen MR) is 136 cm³/mol. The fraction of sp³-hybridized carbons (Fsp3) is 0.393. The SMILES string of the molecule is COC(=O)[C@H]1OC(Oc2ccc(CO)cc2C(=O)OCc2ccccc2)[C@H](OC(C)=O)[C@@H](OC(C)=O)[C@@H]1OC(C)=O. The van der Waals surface area contributed by atoms with Gasteiger partial charge in [-0.1, -0.05) is 36.4 Å². The molecule has 0 spiro atoms. The zero-order valence-electron chi connectivity index (χ0n) is 22.8. The number of hydrogen-bond acceptors (Lipinski definition) is 13. The first-order chi connectivity index (χ1) is 19.5. The molecule has 1 unspecified atom stereocenters. The second-order valence-corrected chi connectivity index (χ2v) is 8.84. The van der Waals surface area contributed by atoms with Gasteiger partial charge in [-0.15, -0.1) is 0 Å². The third-order valence-corrected chi connectivity index (χ3v) is 5.74. The van der Waals surface area contributed by atoms with Gasteiger partial charge in [0.15, 0.2) is 18.3 Å². The molecule has 1 N–H and O–H groups in total. The number of ether oxygens (including phenoxy) is 7. The first kappa shape index (κ1) is 31.0. The van der Waals surface area contributed by atoms with E-state index in [4.69, 9.17) is 33.2 Å². The average molecular weight is 575 g/mol. The molecule has 0 radical (unpaired) electrons. The molecule has 0 aliphatic carbocycles. The molecule has 13 nitrogen and oxygen atoms in total. The molecular weight excluding hydrogens is 544 g/mol. The largest absolute Gasteiger partial charge is 0.467 e. The molecule has 41 heavy (non-hydrogen) atoms. The summed E-state index contributed by atoms with van der Waals surface area (Å²) in [5.74, 6) is -4.53. The topological polar surface area (TPSA) is 170 Å². The Morgan fingerprint density at radius 3 is 2.00 bits per heavy atom. The minimum atomic E-state index is -1.68. The van der Waals surface area contributed by atoms with Gasteiger partial charge in [0, 0.05) is 20.8 Å². The maximum absolute atomic E-state index is 13.1. The number of methoxy groups -OCH3 is 1. The summed E-state index contributed by atoms with van der Waals surface area (Å²) in [4.78, 5) is 61.7. The summed E-state index contributed by atoms with van der Waals surface area (Å²) in [5.41, 5.74) is 0.942. The lowest BCUT2D eigenvalue weighted by Gasteiger charge is -2.43. The van der Waals surface area contributed by atoms with Crippen LogP contribution in [0.2, 0.25) is 0 Å². The van der Waals surface area contributed by atoms with Crippen LogP contribution in [-0.4, -0.2) is 72.8 Å². The van der Waals surface area contributed by atoms with Crippen LogP contribution in [0.15, 0.2) is 48.5 Å². The minimum Gasteiger partial charge on any atom is -0.467 e. The zero-order valence-corrected chi connectivity index (χ0v) is 22.8. The van der Waals surface area contributed by atoms with E-state index >= 15 is 0 Å². The molecule has 220 valence electrons. The Morgan fingerprint density at radius 2 is 1.41 bits per heavy atom. The van der Waals surface area contributed by atoms with Gasteiger partial charge in [-0.2, -0.15) is 0 Å². The fourth-order valence-electron chi connectivity index (χ4n) is 4.04. The molecule has 13 heteroatoms. The van der Waals surface area contributed by atoms with E-state index in [1.54, 1.807) is 24.3 Å². The number of carbonyl (C=O) groups excluding carboxylic acids is 5. The summed E-state index contributed by atoms with van der Waals surface area (Å²) in [7, 11) is 1.06. The predicted octanol–water partition coefficient (Wildman–Crippen LogP) is 1.61. The van der Waals surface area contributed by atoms with Crippen molar-refractivity contribution in [3.8, 4) is 5.75 Å². The molecule has 0 saturated carbocycles. The maximum atomic E-state index is 13.1. The lowest BCUT2D eigenvalue weighted by Crippen LogP contribution is -2.64. The fourth-order valence-corrected chi connectivity index (χ4v) is 4.04. The van der Waals surface area contributed by atoms with Crippen molar-refractivity contribution in [2.45, 2.75) is 64.7 Å². The van der Waals surface area contributed by atoms with Crippen LogP contribution in [0.25, 0.3) is 0 Å². The van der Waals surface area contributed by atoms with Crippen LogP contribution < -0.4 is 4.74 Å². The highest BCUT2D eigenvalue weighted by Crippen LogP contribution is 2.33. The number of aliphatic hydroxyl groups is 1. The van der Waals surface area contributed by atoms with Gasteiger partial charge in [0.2, 0.25) is 12.4 Å². The Hall–Kier alpha value is -4.49. The Balaban J connectivity index is 2.02. The second kappa shape index (κ2) is 14.2. The Bertz CT molecular complexity index is 1260. The molecule has 2 aromatic rings. The first-order valence-electron chi connectivity index (χ1n) is 12.4. The van der Waals surface area contributed by atoms with Gasteiger partial charge in [0.25, 0.3) is 0 Å². The zero-order chi connectivity index (χ0) is 30.1. The number of aliphatic hydroxyl groups excluding tert-OH is 1. The third-order valence-electron chi connectivity index (χ3n) is 5.74. The van der Waals surface area contributed by atoms with Gasteiger partial charge >= 0.3 is 29.8 Å². The van der Waals surface area contributed by atoms with Crippen molar-refractivity contribution in [3.05, 3.63) is 65.2 Å². The molecular formula is C28H30O13. The Labute approximate surface area is 235 Å². The molecule has 1 saturated heterocycles. The third kappa shape index (κ3) is 8.25. The highest BCUT2D eigenvalue weighted by atomic mass is 16.7.